The summed E-state index contributed by atoms with van der Waals surface area (Å²) >= 11 is 0. The summed E-state index contributed by atoms with van der Waals surface area (Å²) in [5.74, 6) is -10.2. The number of rotatable bonds is 9. The van der Waals surface area contributed by atoms with Crippen molar-refractivity contribution in [1.82, 2.24) is 0 Å². The summed E-state index contributed by atoms with van der Waals surface area (Å²) in [6.45, 7) is 1.57. The lowest BCUT2D eigenvalue weighted by Crippen LogP contribution is -2.32. The van der Waals surface area contributed by atoms with Crippen LogP contribution in [0, 0.1) is 17.8 Å². The Balaban J connectivity index is 4.81. The fourth-order valence-corrected chi connectivity index (χ4v) is 1.85. The number of carboxylic acids is 4. The van der Waals surface area contributed by atoms with Crippen LogP contribution in [0.15, 0.2) is 0 Å². The first-order chi connectivity index (χ1) is 8.72. The fourth-order valence-electron chi connectivity index (χ4n) is 1.85. The molecular weight excluding hydrogens is 260 g/mol. The average Bonchev–Trinajstić information content (AvgIpc) is 2.25. The Bertz CT molecular complexity index is 347. The second-order valence-electron chi connectivity index (χ2n) is 4.13. The van der Waals surface area contributed by atoms with Crippen LogP contribution in [0.25, 0.3) is 0 Å². The van der Waals surface area contributed by atoms with E-state index in [2.05, 4.69) is 0 Å². The average molecular weight is 276 g/mol. The number of hydrogen-bond acceptors (Lipinski definition) is 4. The van der Waals surface area contributed by atoms with Gasteiger partial charge in [0.15, 0.2) is 11.8 Å². The third-order valence-corrected chi connectivity index (χ3v) is 2.95. The maximum Gasteiger partial charge on any atom is 0.318 e. The van der Waals surface area contributed by atoms with E-state index in [9.17, 15) is 19.2 Å². The van der Waals surface area contributed by atoms with Crippen LogP contribution in [0.3, 0.4) is 0 Å². The summed E-state index contributed by atoms with van der Waals surface area (Å²) in [5.41, 5.74) is 0. The first kappa shape index (κ1) is 16.9. The van der Waals surface area contributed by atoms with E-state index in [0.717, 1.165) is 0 Å². The molecule has 0 saturated heterocycles. The van der Waals surface area contributed by atoms with Gasteiger partial charge in [0.1, 0.15) is 0 Å². The molecule has 0 heterocycles. The van der Waals surface area contributed by atoms with Gasteiger partial charge in [-0.1, -0.05) is 13.3 Å². The third-order valence-electron chi connectivity index (χ3n) is 2.95. The fraction of sp³-hybridized carbons (Fsp3) is 0.636. The molecule has 0 rings (SSSR count). The Hall–Kier alpha value is -2.12. The van der Waals surface area contributed by atoms with E-state index in [1.54, 1.807) is 6.92 Å². The van der Waals surface area contributed by atoms with Crippen molar-refractivity contribution in [3.8, 4) is 0 Å². The van der Waals surface area contributed by atoms with E-state index in [0.29, 0.717) is 0 Å². The molecule has 0 radical (unpaired) electrons. The van der Waals surface area contributed by atoms with E-state index in [4.69, 9.17) is 20.4 Å². The first-order valence-corrected chi connectivity index (χ1v) is 5.63. The number of carboxylic acid groups (broad SMARTS) is 4. The predicted octanol–water partition coefficient (Wildman–Crippen LogP) is 0.364. The van der Waals surface area contributed by atoms with E-state index < -0.39 is 41.6 Å². The van der Waals surface area contributed by atoms with Crippen LogP contribution < -0.4 is 0 Å². The molecule has 8 heteroatoms. The standard InChI is InChI=1S/C11H16O8/c1-2-5(7(10(16)17)11(18)19)3-4-6(8(12)13)9(14)15/h5-7H,2-4H2,1H3,(H,12,13)(H,14,15)(H,16,17)(H,18,19). The smallest absolute Gasteiger partial charge is 0.318 e. The molecule has 19 heavy (non-hydrogen) atoms. The van der Waals surface area contributed by atoms with E-state index in [-0.39, 0.29) is 19.3 Å². The molecule has 4 N–H and O–H groups in total. The molecule has 1 unspecified atom stereocenters. The van der Waals surface area contributed by atoms with Crippen LogP contribution >= 0.6 is 0 Å². The van der Waals surface area contributed by atoms with E-state index >= 15 is 0 Å². The van der Waals surface area contributed by atoms with Crippen molar-refractivity contribution >= 4 is 23.9 Å². The van der Waals surface area contributed by atoms with Gasteiger partial charge >= 0.3 is 23.9 Å². The summed E-state index contributed by atoms with van der Waals surface area (Å²) in [6, 6.07) is 0. The molecule has 1 atom stereocenters. The zero-order valence-corrected chi connectivity index (χ0v) is 10.3. The summed E-state index contributed by atoms with van der Waals surface area (Å²) in [7, 11) is 0. The Labute approximate surface area is 108 Å². The van der Waals surface area contributed by atoms with Crippen LogP contribution in [-0.2, 0) is 19.2 Å². The Kier molecular flexibility index (Phi) is 6.53. The van der Waals surface area contributed by atoms with E-state index in [1.165, 1.54) is 0 Å². The maximum atomic E-state index is 10.8. The molecule has 0 bridgehead atoms. The molecule has 108 valence electrons. The van der Waals surface area contributed by atoms with Gasteiger partial charge in [-0.2, -0.15) is 0 Å². The third kappa shape index (κ3) is 4.94. The lowest BCUT2D eigenvalue weighted by molar-refractivity contribution is -0.157. The maximum absolute atomic E-state index is 10.8. The number of carbonyl (C=O) groups is 4. The van der Waals surface area contributed by atoms with Crippen LogP contribution in [-0.4, -0.2) is 44.3 Å². The quantitative estimate of drug-likeness (QED) is 0.441. The summed E-state index contributed by atoms with van der Waals surface area (Å²) < 4.78 is 0. The normalized spacial score (nSPS) is 12.4. The van der Waals surface area contributed by atoms with Gasteiger partial charge in [-0.05, 0) is 18.8 Å². The lowest BCUT2D eigenvalue weighted by Gasteiger charge is -2.20. The van der Waals surface area contributed by atoms with Crippen LogP contribution in [0.4, 0.5) is 0 Å². The minimum atomic E-state index is -1.66. The van der Waals surface area contributed by atoms with Crippen LogP contribution in [0.1, 0.15) is 26.2 Å². The first-order valence-electron chi connectivity index (χ1n) is 5.63. The summed E-state index contributed by atoms with van der Waals surface area (Å²) in [5, 5.41) is 35.0. The van der Waals surface area contributed by atoms with Crippen molar-refractivity contribution in [2.24, 2.45) is 17.8 Å². The Morgan fingerprint density at radius 2 is 1.21 bits per heavy atom. The minimum absolute atomic E-state index is 0.0942. The van der Waals surface area contributed by atoms with Crippen molar-refractivity contribution in [2.75, 3.05) is 0 Å². The SMILES string of the molecule is CCC(CCC(C(=O)O)C(=O)O)C(C(=O)O)C(=O)O. The molecule has 0 aliphatic rings. The number of aliphatic carboxylic acids is 4. The van der Waals surface area contributed by atoms with Gasteiger partial charge in [0.2, 0.25) is 0 Å². The van der Waals surface area contributed by atoms with Gasteiger partial charge in [0.25, 0.3) is 0 Å². The number of hydrogen-bond donors (Lipinski definition) is 4. The molecule has 0 saturated carbocycles. The van der Waals surface area contributed by atoms with Gasteiger partial charge in [0, 0.05) is 0 Å². The molecule has 0 aliphatic carbocycles. The molecule has 0 aliphatic heterocycles. The van der Waals surface area contributed by atoms with Gasteiger partial charge in [-0.25, -0.2) is 0 Å². The summed E-state index contributed by atoms with van der Waals surface area (Å²) in [4.78, 5) is 43.0. The van der Waals surface area contributed by atoms with Crippen molar-refractivity contribution in [3.63, 3.8) is 0 Å². The molecule has 0 spiro atoms. The topological polar surface area (TPSA) is 149 Å². The molecular formula is C11H16O8. The molecule has 0 aromatic heterocycles. The van der Waals surface area contributed by atoms with Gasteiger partial charge in [-0.3, -0.25) is 19.2 Å². The monoisotopic (exact) mass is 276 g/mol. The van der Waals surface area contributed by atoms with Crippen LogP contribution in [0.2, 0.25) is 0 Å². The van der Waals surface area contributed by atoms with Crippen molar-refractivity contribution in [1.29, 1.82) is 0 Å². The second kappa shape index (κ2) is 7.34. The largest absolute Gasteiger partial charge is 0.481 e. The molecule has 8 nitrogen and oxygen atoms in total. The van der Waals surface area contributed by atoms with Crippen molar-refractivity contribution < 1.29 is 39.6 Å². The molecule has 0 aromatic rings. The van der Waals surface area contributed by atoms with Crippen molar-refractivity contribution in [3.05, 3.63) is 0 Å². The van der Waals surface area contributed by atoms with Crippen LogP contribution in [0.5, 0.6) is 0 Å². The van der Waals surface area contributed by atoms with Gasteiger partial charge in [-0.15, -0.1) is 0 Å². The highest BCUT2D eigenvalue weighted by Gasteiger charge is 2.35. The Morgan fingerprint density at radius 1 is 0.789 bits per heavy atom. The molecule has 0 fully saturated rings. The lowest BCUT2D eigenvalue weighted by atomic mass is 9.84. The zero-order valence-electron chi connectivity index (χ0n) is 10.3. The van der Waals surface area contributed by atoms with Crippen molar-refractivity contribution in [2.45, 2.75) is 26.2 Å². The highest BCUT2D eigenvalue weighted by molar-refractivity contribution is 5.94. The molecule has 0 aromatic carbocycles. The van der Waals surface area contributed by atoms with E-state index in [1.807, 2.05) is 0 Å². The van der Waals surface area contributed by atoms with Gasteiger partial charge < -0.3 is 20.4 Å². The molecule has 0 amide bonds. The minimum Gasteiger partial charge on any atom is -0.481 e. The predicted molar refractivity (Wildman–Crippen MR) is 60.5 cm³/mol. The highest BCUT2D eigenvalue weighted by Crippen LogP contribution is 2.24. The zero-order chi connectivity index (χ0) is 15.2. The second-order valence-corrected chi connectivity index (χ2v) is 4.13. The Morgan fingerprint density at radius 3 is 1.47 bits per heavy atom. The van der Waals surface area contributed by atoms with Gasteiger partial charge in [0.05, 0.1) is 0 Å². The summed E-state index contributed by atoms with van der Waals surface area (Å²) in [6.07, 6.45) is -0.196. The highest BCUT2D eigenvalue weighted by atomic mass is 16.4.